The molecular formula is C18H27N. The number of rotatable bonds is 8. The molecule has 1 aliphatic carbocycles. The number of allylic oxidation sites excluding steroid dienone is 1. The summed E-state index contributed by atoms with van der Waals surface area (Å²) in [6.07, 6.45) is 9.60. The quantitative estimate of drug-likeness (QED) is 0.679. The third-order valence-corrected chi connectivity index (χ3v) is 4.56. The van der Waals surface area contributed by atoms with Crippen LogP contribution in [0.1, 0.15) is 51.0 Å². The third-order valence-electron chi connectivity index (χ3n) is 4.56. The topological polar surface area (TPSA) is 12.0 Å². The van der Waals surface area contributed by atoms with Gasteiger partial charge >= 0.3 is 0 Å². The zero-order valence-corrected chi connectivity index (χ0v) is 12.2. The van der Waals surface area contributed by atoms with E-state index in [1.54, 1.807) is 0 Å². The summed E-state index contributed by atoms with van der Waals surface area (Å²) in [6.45, 7) is 7.25. The fourth-order valence-electron chi connectivity index (χ4n) is 3.34. The average molecular weight is 257 g/mol. The summed E-state index contributed by atoms with van der Waals surface area (Å²) in [7, 11) is 0. The molecule has 19 heavy (non-hydrogen) atoms. The molecule has 0 bridgehead atoms. The molecule has 0 amide bonds. The smallest absolute Gasteiger partial charge is 0.0167 e. The van der Waals surface area contributed by atoms with Crippen LogP contribution >= 0.6 is 0 Å². The molecule has 1 heteroatoms. The van der Waals surface area contributed by atoms with Gasteiger partial charge in [-0.05, 0) is 44.2 Å². The van der Waals surface area contributed by atoms with E-state index >= 15 is 0 Å². The molecular weight excluding hydrogens is 230 g/mol. The minimum atomic E-state index is 0.374. The van der Waals surface area contributed by atoms with E-state index in [2.05, 4.69) is 55.2 Å². The van der Waals surface area contributed by atoms with Gasteiger partial charge < -0.3 is 5.32 Å². The second-order valence-corrected chi connectivity index (χ2v) is 5.75. The van der Waals surface area contributed by atoms with Crippen molar-refractivity contribution in [3.63, 3.8) is 0 Å². The highest BCUT2D eigenvalue weighted by Gasteiger charge is 2.44. The lowest BCUT2D eigenvalue weighted by Gasteiger charge is -2.49. The predicted octanol–water partition coefficient (Wildman–Crippen LogP) is 4.44. The molecule has 1 unspecified atom stereocenters. The van der Waals surface area contributed by atoms with Gasteiger partial charge in [0.1, 0.15) is 0 Å². The third kappa shape index (κ3) is 3.09. The van der Waals surface area contributed by atoms with E-state index in [0.29, 0.717) is 11.5 Å². The van der Waals surface area contributed by atoms with Crippen molar-refractivity contribution in [2.24, 2.45) is 0 Å². The maximum absolute atomic E-state index is 3.88. The largest absolute Gasteiger partial charge is 0.313 e. The van der Waals surface area contributed by atoms with Gasteiger partial charge in [0.05, 0.1) is 0 Å². The van der Waals surface area contributed by atoms with E-state index in [9.17, 15) is 0 Å². The standard InChI is InChI=1S/C18H27N/c1-3-5-12-17(19-15-4-2)18(13-9-14-18)16-10-7-6-8-11-16/h3,6-8,10-11,17,19H,1,4-5,9,12-15H2,2H3. The fraction of sp³-hybridized carbons (Fsp3) is 0.556. The first-order chi connectivity index (χ1) is 9.33. The Labute approximate surface area is 118 Å². The molecule has 1 aromatic rings. The van der Waals surface area contributed by atoms with Gasteiger partial charge in [-0.25, -0.2) is 0 Å². The average Bonchev–Trinajstić information content (AvgIpc) is 2.41. The van der Waals surface area contributed by atoms with Crippen molar-refractivity contribution in [2.45, 2.75) is 56.9 Å². The molecule has 0 aromatic heterocycles. The zero-order chi connectivity index (χ0) is 13.6. The summed E-state index contributed by atoms with van der Waals surface area (Å²) in [6, 6.07) is 11.7. The second kappa shape index (κ2) is 6.91. The van der Waals surface area contributed by atoms with Crippen LogP contribution < -0.4 is 5.32 Å². The van der Waals surface area contributed by atoms with Crippen LogP contribution in [0.25, 0.3) is 0 Å². The molecule has 0 radical (unpaired) electrons. The van der Waals surface area contributed by atoms with Crippen LogP contribution in [0.5, 0.6) is 0 Å². The van der Waals surface area contributed by atoms with E-state index in [0.717, 1.165) is 13.0 Å². The molecule has 104 valence electrons. The van der Waals surface area contributed by atoms with Crippen molar-refractivity contribution in [3.05, 3.63) is 48.6 Å². The summed E-state index contributed by atoms with van der Waals surface area (Å²) in [4.78, 5) is 0. The molecule has 0 spiro atoms. The van der Waals surface area contributed by atoms with Crippen LogP contribution in [0.3, 0.4) is 0 Å². The molecule has 1 fully saturated rings. The monoisotopic (exact) mass is 257 g/mol. The summed E-state index contributed by atoms with van der Waals surface area (Å²) in [5, 5.41) is 3.80. The lowest BCUT2D eigenvalue weighted by atomic mass is 9.59. The molecule has 1 N–H and O–H groups in total. The van der Waals surface area contributed by atoms with Gasteiger partial charge in [0, 0.05) is 11.5 Å². The van der Waals surface area contributed by atoms with Crippen molar-refractivity contribution in [2.75, 3.05) is 6.54 Å². The van der Waals surface area contributed by atoms with Crippen molar-refractivity contribution < 1.29 is 0 Å². The maximum atomic E-state index is 3.88. The Bertz CT molecular complexity index is 378. The van der Waals surface area contributed by atoms with E-state index in [1.165, 1.54) is 37.7 Å². The van der Waals surface area contributed by atoms with Crippen molar-refractivity contribution in [3.8, 4) is 0 Å². The Hall–Kier alpha value is -1.08. The van der Waals surface area contributed by atoms with Crippen LogP contribution in [0.4, 0.5) is 0 Å². The van der Waals surface area contributed by atoms with Gasteiger partial charge in [-0.1, -0.05) is 49.8 Å². The Morgan fingerprint density at radius 3 is 2.58 bits per heavy atom. The molecule has 1 nitrogen and oxygen atoms in total. The molecule has 2 rings (SSSR count). The maximum Gasteiger partial charge on any atom is 0.0167 e. The molecule has 1 saturated carbocycles. The van der Waals surface area contributed by atoms with Crippen molar-refractivity contribution >= 4 is 0 Å². The van der Waals surface area contributed by atoms with E-state index in [1.807, 2.05) is 0 Å². The van der Waals surface area contributed by atoms with Gasteiger partial charge in [0.2, 0.25) is 0 Å². The Kier molecular flexibility index (Phi) is 5.21. The Morgan fingerprint density at radius 1 is 1.32 bits per heavy atom. The number of benzene rings is 1. The molecule has 1 aliphatic rings. The van der Waals surface area contributed by atoms with Gasteiger partial charge in [-0.3, -0.25) is 0 Å². The lowest BCUT2D eigenvalue weighted by Crippen LogP contribution is -2.52. The van der Waals surface area contributed by atoms with Crippen LogP contribution in [-0.4, -0.2) is 12.6 Å². The molecule has 1 atom stereocenters. The van der Waals surface area contributed by atoms with Crippen molar-refractivity contribution in [1.29, 1.82) is 0 Å². The van der Waals surface area contributed by atoms with Gasteiger partial charge in [0.25, 0.3) is 0 Å². The van der Waals surface area contributed by atoms with E-state index < -0.39 is 0 Å². The summed E-state index contributed by atoms with van der Waals surface area (Å²) >= 11 is 0. The van der Waals surface area contributed by atoms with Crippen LogP contribution in [0.2, 0.25) is 0 Å². The van der Waals surface area contributed by atoms with Gasteiger partial charge in [0.15, 0.2) is 0 Å². The predicted molar refractivity (Wildman–Crippen MR) is 83.5 cm³/mol. The number of nitrogens with one attached hydrogen (secondary N) is 1. The highest BCUT2D eigenvalue weighted by molar-refractivity contribution is 5.30. The van der Waals surface area contributed by atoms with Crippen LogP contribution in [0.15, 0.2) is 43.0 Å². The molecule has 1 aromatic carbocycles. The highest BCUT2D eigenvalue weighted by Crippen LogP contribution is 2.47. The Morgan fingerprint density at radius 2 is 2.05 bits per heavy atom. The van der Waals surface area contributed by atoms with Crippen molar-refractivity contribution in [1.82, 2.24) is 5.32 Å². The second-order valence-electron chi connectivity index (χ2n) is 5.75. The van der Waals surface area contributed by atoms with Crippen LogP contribution in [0, 0.1) is 0 Å². The highest BCUT2D eigenvalue weighted by atomic mass is 14.9. The number of hydrogen-bond acceptors (Lipinski definition) is 1. The normalized spacial score (nSPS) is 18.6. The first-order valence-corrected chi connectivity index (χ1v) is 7.73. The van der Waals surface area contributed by atoms with Crippen LogP contribution in [-0.2, 0) is 5.41 Å². The molecule has 0 aliphatic heterocycles. The molecule has 0 heterocycles. The van der Waals surface area contributed by atoms with Gasteiger partial charge in [-0.2, -0.15) is 0 Å². The van der Waals surface area contributed by atoms with E-state index in [4.69, 9.17) is 0 Å². The SMILES string of the molecule is C=CCCC(NCCC)C1(c2ccccc2)CCC1. The summed E-state index contributed by atoms with van der Waals surface area (Å²) < 4.78 is 0. The molecule has 0 saturated heterocycles. The first-order valence-electron chi connectivity index (χ1n) is 7.73. The van der Waals surface area contributed by atoms with Gasteiger partial charge in [-0.15, -0.1) is 6.58 Å². The minimum absolute atomic E-state index is 0.374. The summed E-state index contributed by atoms with van der Waals surface area (Å²) in [5.41, 5.74) is 1.90. The first kappa shape index (κ1) is 14.3. The Balaban J connectivity index is 2.17. The van der Waals surface area contributed by atoms with E-state index in [-0.39, 0.29) is 0 Å². The zero-order valence-electron chi connectivity index (χ0n) is 12.2. The summed E-state index contributed by atoms with van der Waals surface area (Å²) in [5.74, 6) is 0. The fourth-order valence-corrected chi connectivity index (χ4v) is 3.34. The lowest BCUT2D eigenvalue weighted by molar-refractivity contribution is 0.162. The number of hydrogen-bond donors (Lipinski definition) is 1. The minimum Gasteiger partial charge on any atom is -0.313 e.